The van der Waals surface area contributed by atoms with E-state index in [-0.39, 0.29) is 29.3 Å². The lowest BCUT2D eigenvalue weighted by molar-refractivity contribution is 0.0943. The number of nitrogens with zero attached hydrogens (tertiary/aromatic N) is 5. The summed E-state index contributed by atoms with van der Waals surface area (Å²) in [6.07, 6.45) is 7.39. The summed E-state index contributed by atoms with van der Waals surface area (Å²) >= 11 is 0. The summed E-state index contributed by atoms with van der Waals surface area (Å²) in [6.45, 7) is 6.91. The minimum Gasteiger partial charge on any atom is -0.460 e. The number of piperidine rings is 1. The quantitative estimate of drug-likeness (QED) is 0.540. The van der Waals surface area contributed by atoms with Crippen LogP contribution in [0.4, 0.5) is 11.7 Å². The molecule has 4 heterocycles. The molecular formula is C23H27N7O4. The van der Waals surface area contributed by atoms with E-state index < -0.39 is 5.91 Å². The normalized spacial score (nSPS) is 14.2. The fraction of sp³-hybridized carbons (Fsp3) is 0.391. The van der Waals surface area contributed by atoms with E-state index in [0.29, 0.717) is 30.8 Å². The molecule has 11 heteroatoms. The van der Waals surface area contributed by atoms with Crippen molar-refractivity contribution in [2.75, 3.05) is 23.3 Å². The van der Waals surface area contributed by atoms with Gasteiger partial charge in [-0.2, -0.15) is 4.98 Å². The van der Waals surface area contributed by atoms with E-state index >= 15 is 0 Å². The number of carbonyl (C=O) groups excluding carboxylic acids is 2. The number of ether oxygens (including phenoxy) is 1. The van der Waals surface area contributed by atoms with E-state index in [1.54, 1.807) is 12.3 Å². The highest BCUT2D eigenvalue weighted by molar-refractivity contribution is 6.08. The molecule has 2 N–H and O–H groups in total. The van der Waals surface area contributed by atoms with Crippen molar-refractivity contribution >= 4 is 23.5 Å². The summed E-state index contributed by atoms with van der Waals surface area (Å²) in [7, 11) is 0. The third-order valence-corrected chi connectivity index (χ3v) is 5.22. The van der Waals surface area contributed by atoms with Gasteiger partial charge in [-0.3, -0.25) is 14.6 Å². The predicted octanol–water partition coefficient (Wildman–Crippen LogP) is 2.61. The van der Waals surface area contributed by atoms with Crippen LogP contribution in [0.3, 0.4) is 0 Å². The van der Waals surface area contributed by atoms with Gasteiger partial charge in [-0.25, -0.2) is 9.97 Å². The van der Waals surface area contributed by atoms with Crippen molar-refractivity contribution in [3.63, 3.8) is 0 Å². The van der Waals surface area contributed by atoms with Gasteiger partial charge in [-0.05, 0) is 32.9 Å². The summed E-state index contributed by atoms with van der Waals surface area (Å²) in [6, 6.07) is 4.08. The van der Waals surface area contributed by atoms with E-state index in [0.717, 1.165) is 18.5 Å². The molecule has 34 heavy (non-hydrogen) atoms. The number of anilines is 2. The molecule has 1 aliphatic rings. The van der Waals surface area contributed by atoms with Gasteiger partial charge in [0.1, 0.15) is 12.4 Å². The van der Waals surface area contributed by atoms with Crippen molar-refractivity contribution in [1.82, 2.24) is 25.3 Å². The number of aromatic nitrogens is 4. The molecule has 1 aliphatic heterocycles. The molecule has 0 saturated carbocycles. The maximum absolute atomic E-state index is 12.8. The number of hydrogen-bond acceptors (Lipinski definition) is 9. The van der Waals surface area contributed by atoms with E-state index in [1.165, 1.54) is 18.7 Å². The smallest absolute Gasteiger partial charge is 0.316 e. The maximum atomic E-state index is 12.8. The lowest BCUT2D eigenvalue weighted by Crippen LogP contribution is -2.38. The Hall–Kier alpha value is -4.02. The van der Waals surface area contributed by atoms with Crippen LogP contribution < -0.4 is 20.3 Å². The summed E-state index contributed by atoms with van der Waals surface area (Å²) in [5.41, 5.74) is 1.59. The van der Waals surface area contributed by atoms with Crippen molar-refractivity contribution in [2.24, 2.45) is 0 Å². The Kier molecular flexibility index (Phi) is 7.00. The van der Waals surface area contributed by atoms with Gasteiger partial charge in [0.05, 0.1) is 11.3 Å². The van der Waals surface area contributed by atoms with Gasteiger partial charge in [-0.1, -0.05) is 0 Å². The summed E-state index contributed by atoms with van der Waals surface area (Å²) < 4.78 is 11.4. The molecule has 4 rings (SSSR count). The molecular weight excluding hydrogens is 438 g/mol. The molecule has 3 aromatic heterocycles. The predicted molar refractivity (Wildman–Crippen MR) is 124 cm³/mol. The molecule has 0 spiro atoms. The second-order valence-corrected chi connectivity index (χ2v) is 8.30. The third-order valence-electron chi connectivity index (χ3n) is 5.22. The van der Waals surface area contributed by atoms with Crippen LogP contribution in [0.2, 0.25) is 0 Å². The number of pyridine rings is 1. The van der Waals surface area contributed by atoms with Crippen LogP contribution in [0.15, 0.2) is 41.4 Å². The Morgan fingerprint density at radius 2 is 1.94 bits per heavy atom. The zero-order valence-corrected chi connectivity index (χ0v) is 19.3. The van der Waals surface area contributed by atoms with Crippen molar-refractivity contribution in [3.8, 4) is 6.01 Å². The van der Waals surface area contributed by atoms with Gasteiger partial charge in [-0.15, -0.1) is 0 Å². The maximum Gasteiger partial charge on any atom is 0.316 e. The number of nitrogens with one attached hydrogen (secondary N) is 2. The molecule has 0 atom stereocenters. The largest absolute Gasteiger partial charge is 0.460 e. The van der Waals surface area contributed by atoms with Crippen LogP contribution in [0.25, 0.3) is 0 Å². The summed E-state index contributed by atoms with van der Waals surface area (Å²) in [4.78, 5) is 43.9. The summed E-state index contributed by atoms with van der Waals surface area (Å²) in [5.74, 6) is -0.796. The first-order chi connectivity index (χ1) is 16.4. The standard InChI is InChI=1S/C23H27N7O4/c1-14(2)26-20(31)17-12-24-8-5-18(17)28-21(32)19-13-33-23(29-19)30-10-6-16(7-11-30)34-22-25-9-4-15(3)27-22/h4-5,8-9,12-14,16H,6-7,10-11H2,1-3H3,(H,26,31)(H,24,28,32). The number of carbonyl (C=O) groups is 2. The number of aryl methyl sites for hydroxylation is 1. The van der Waals surface area contributed by atoms with E-state index in [9.17, 15) is 9.59 Å². The number of amides is 2. The van der Waals surface area contributed by atoms with Crippen LogP contribution in [-0.2, 0) is 0 Å². The molecule has 0 aromatic carbocycles. The molecule has 11 nitrogen and oxygen atoms in total. The van der Waals surface area contributed by atoms with Crippen LogP contribution in [0, 0.1) is 6.92 Å². The first-order valence-corrected chi connectivity index (χ1v) is 11.1. The lowest BCUT2D eigenvalue weighted by atomic mass is 10.1. The Balaban J connectivity index is 1.35. The molecule has 0 radical (unpaired) electrons. The molecule has 1 saturated heterocycles. The molecule has 0 unspecified atom stereocenters. The average molecular weight is 466 g/mol. The Bertz CT molecular complexity index is 1160. The van der Waals surface area contributed by atoms with Crippen LogP contribution in [0.1, 0.15) is 53.2 Å². The molecule has 178 valence electrons. The van der Waals surface area contributed by atoms with E-state index in [1.807, 2.05) is 31.7 Å². The molecule has 1 fully saturated rings. The van der Waals surface area contributed by atoms with Crippen molar-refractivity contribution in [3.05, 3.63) is 53.9 Å². The average Bonchev–Trinajstić information content (AvgIpc) is 3.30. The molecule has 3 aromatic rings. The first-order valence-electron chi connectivity index (χ1n) is 11.1. The fourth-order valence-corrected chi connectivity index (χ4v) is 3.52. The third kappa shape index (κ3) is 5.66. The molecule has 0 aliphatic carbocycles. The van der Waals surface area contributed by atoms with Gasteiger partial charge >= 0.3 is 6.01 Å². The Labute approximate surface area is 197 Å². The Morgan fingerprint density at radius 1 is 1.15 bits per heavy atom. The molecule has 2 amide bonds. The van der Waals surface area contributed by atoms with Crippen molar-refractivity contribution < 1.29 is 18.7 Å². The second-order valence-electron chi connectivity index (χ2n) is 8.30. The van der Waals surface area contributed by atoms with Crippen LogP contribution in [-0.4, -0.2) is 57.0 Å². The molecule has 0 bridgehead atoms. The highest BCUT2D eigenvalue weighted by atomic mass is 16.5. The topological polar surface area (TPSA) is 135 Å². The number of hydrogen-bond donors (Lipinski definition) is 2. The highest BCUT2D eigenvalue weighted by Crippen LogP contribution is 2.22. The van der Waals surface area contributed by atoms with Crippen LogP contribution >= 0.6 is 0 Å². The minimum atomic E-state index is -0.477. The fourth-order valence-electron chi connectivity index (χ4n) is 3.52. The zero-order valence-electron chi connectivity index (χ0n) is 19.3. The lowest BCUT2D eigenvalue weighted by Gasteiger charge is -2.30. The monoisotopic (exact) mass is 465 g/mol. The van der Waals surface area contributed by atoms with E-state index in [4.69, 9.17) is 9.15 Å². The minimum absolute atomic E-state index is 0.00196. The highest BCUT2D eigenvalue weighted by Gasteiger charge is 2.25. The van der Waals surface area contributed by atoms with Gasteiger partial charge in [0.2, 0.25) is 0 Å². The van der Waals surface area contributed by atoms with Gasteiger partial charge < -0.3 is 24.7 Å². The van der Waals surface area contributed by atoms with Crippen LogP contribution in [0.5, 0.6) is 6.01 Å². The first kappa shape index (κ1) is 23.1. The van der Waals surface area contributed by atoms with Gasteiger partial charge in [0, 0.05) is 56.3 Å². The van der Waals surface area contributed by atoms with E-state index in [2.05, 4.69) is 30.6 Å². The Morgan fingerprint density at radius 3 is 2.68 bits per heavy atom. The second kappa shape index (κ2) is 10.3. The van der Waals surface area contributed by atoms with Crippen molar-refractivity contribution in [2.45, 2.75) is 45.8 Å². The van der Waals surface area contributed by atoms with Gasteiger partial charge in [0.15, 0.2) is 5.69 Å². The number of rotatable bonds is 7. The number of oxazole rings is 1. The SMILES string of the molecule is Cc1ccnc(OC2CCN(c3nc(C(=O)Nc4ccncc4C(=O)NC(C)C)co3)CC2)n1. The zero-order chi connectivity index (χ0) is 24.1. The summed E-state index contributed by atoms with van der Waals surface area (Å²) in [5, 5.41) is 5.51. The van der Waals surface area contributed by atoms with Crippen molar-refractivity contribution in [1.29, 1.82) is 0 Å². The van der Waals surface area contributed by atoms with Gasteiger partial charge in [0.25, 0.3) is 17.8 Å².